The molecule has 4 aromatic rings. The highest BCUT2D eigenvalue weighted by molar-refractivity contribution is 8.00. The molecule has 0 amide bonds. The number of rotatable bonds is 3. The molecule has 0 aliphatic rings. The zero-order chi connectivity index (χ0) is 23.3. The van der Waals surface area contributed by atoms with Crippen molar-refractivity contribution in [3.63, 3.8) is 0 Å². The van der Waals surface area contributed by atoms with Crippen molar-refractivity contribution in [2.75, 3.05) is 7.11 Å². The van der Waals surface area contributed by atoms with Crippen molar-refractivity contribution in [3.8, 4) is 11.3 Å². The molecule has 4 nitrogen and oxygen atoms in total. The predicted octanol–water partition coefficient (Wildman–Crippen LogP) is 6.85. The van der Waals surface area contributed by atoms with Gasteiger partial charge in [0.25, 0.3) is 0 Å². The number of methoxy groups -OCH3 is 1. The Hall–Kier alpha value is -3.00. The van der Waals surface area contributed by atoms with Crippen molar-refractivity contribution in [3.05, 3.63) is 65.9 Å². The average molecular weight is 459 g/mol. The number of aromatic nitrogens is 2. The van der Waals surface area contributed by atoms with Gasteiger partial charge in [-0.15, -0.1) is 0 Å². The van der Waals surface area contributed by atoms with Crippen molar-refractivity contribution in [1.29, 1.82) is 0 Å². The molecule has 0 aliphatic carbocycles. The number of thioether (sulfide) groups is 1. The van der Waals surface area contributed by atoms with E-state index in [2.05, 4.69) is 20.8 Å². The van der Waals surface area contributed by atoms with E-state index in [1.165, 1.54) is 19.4 Å². The van der Waals surface area contributed by atoms with Crippen molar-refractivity contribution in [1.82, 2.24) is 9.38 Å². The van der Waals surface area contributed by atoms with Gasteiger partial charge in [-0.1, -0.05) is 45.0 Å². The first-order valence-corrected chi connectivity index (χ1v) is 10.7. The van der Waals surface area contributed by atoms with Gasteiger partial charge in [-0.05, 0) is 47.0 Å². The second-order valence-corrected chi connectivity index (χ2v) is 9.60. The SMILES string of the molecule is COC(=O)c1ccc2c(c1)nc(-c1ccc(C(C)(C)C)cc1)c1cc(SC(F)(F)F)cn12. The quantitative estimate of drug-likeness (QED) is 0.249. The predicted molar refractivity (Wildman–Crippen MR) is 120 cm³/mol. The van der Waals surface area contributed by atoms with Crippen molar-refractivity contribution < 1.29 is 22.7 Å². The van der Waals surface area contributed by atoms with E-state index in [1.807, 2.05) is 24.3 Å². The molecule has 0 radical (unpaired) electrons. The van der Waals surface area contributed by atoms with Crippen LogP contribution in [0.4, 0.5) is 13.2 Å². The van der Waals surface area contributed by atoms with Gasteiger partial charge in [-0.2, -0.15) is 13.2 Å². The number of benzene rings is 2. The molecular weight excluding hydrogens is 437 g/mol. The van der Waals surface area contributed by atoms with Crippen LogP contribution in [0, 0.1) is 0 Å². The minimum Gasteiger partial charge on any atom is -0.465 e. The lowest BCUT2D eigenvalue weighted by Crippen LogP contribution is -2.10. The number of hydrogen-bond donors (Lipinski definition) is 0. The van der Waals surface area contributed by atoms with E-state index in [0.717, 1.165) is 11.1 Å². The van der Waals surface area contributed by atoms with E-state index < -0.39 is 11.5 Å². The van der Waals surface area contributed by atoms with Gasteiger partial charge in [0.2, 0.25) is 0 Å². The van der Waals surface area contributed by atoms with Gasteiger partial charge in [0.05, 0.1) is 34.9 Å². The van der Waals surface area contributed by atoms with Crippen LogP contribution in [0.3, 0.4) is 0 Å². The van der Waals surface area contributed by atoms with E-state index in [-0.39, 0.29) is 22.1 Å². The minimum atomic E-state index is -4.40. The summed E-state index contributed by atoms with van der Waals surface area (Å²) in [7, 11) is 1.29. The lowest BCUT2D eigenvalue weighted by Gasteiger charge is -2.19. The first-order valence-electron chi connectivity index (χ1n) is 9.87. The van der Waals surface area contributed by atoms with Gasteiger partial charge in [0.15, 0.2) is 0 Å². The molecular formula is C24H21F3N2O2S. The maximum Gasteiger partial charge on any atom is 0.446 e. The Balaban J connectivity index is 1.96. The smallest absolute Gasteiger partial charge is 0.446 e. The van der Waals surface area contributed by atoms with E-state index >= 15 is 0 Å². The van der Waals surface area contributed by atoms with E-state index in [0.29, 0.717) is 27.8 Å². The third-order valence-corrected chi connectivity index (χ3v) is 5.87. The Labute approximate surface area is 187 Å². The molecule has 0 saturated carbocycles. The van der Waals surface area contributed by atoms with Crippen LogP contribution in [0.5, 0.6) is 0 Å². The number of carbonyl (C=O) groups excluding carboxylic acids is 1. The molecule has 2 aromatic carbocycles. The molecule has 0 bridgehead atoms. The second kappa shape index (κ2) is 7.85. The number of nitrogens with zero attached hydrogens (tertiary/aromatic N) is 2. The highest BCUT2D eigenvalue weighted by atomic mass is 32.2. The van der Waals surface area contributed by atoms with Gasteiger partial charge in [-0.3, -0.25) is 0 Å². The molecule has 0 N–H and O–H groups in total. The van der Waals surface area contributed by atoms with E-state index in [1.54, 1.807) is 22.6 Å². The third-order valence-electron chi connectivity index (χ3n) is 5.18. The number of alkyl halides is 3. The average Bonchev–Trinajstić information content (AvgIpc) is 3.13. The Morgan fingerprint density at radius 1 is 1.00 bits per heavy atom. The monoisotopic (exact) mass is 458 g/mol. The van der Waals surface area contributed by atoms with Crippen LogP contribution in [0.15, 0.2) is 59.6 Å². The van der Waals surface area contributed by atoms with Crippen LogP contribution in [-0.4, -0.2) is 28.0 Å². The van der Waals surface area contributed by atoms with E-state index in [4.69, 9.17) is 9.72 Å². The zero-order valence-corrected chi connectivity index (χ0v) is 18.8. The summed E-state index contributed by atoms with van der Waals surface area (Å²) in [6.07, 6.45) is 1.45. The Kier molecular flexibility index (Phi) is 5.45. The molecule has 4 rings (SSSR count). The summed E-state index contributed by atoms with van der Waals surface area (Å²) >= 11 is -0.166. The number of esters is 1. The highest BCUT2D eigenvalue weighted by Gasteiger charge is 2.30. The summed E-state index contributed by atoms with van der Waals surface area (Å²) in [6, 6.07) is 14.1. The first-order chi connectivity index (χ1) is 15.0. The number of halogens is 3. The molecule has 0 aliphatic heterocycles. The molecule has 0 atom stereocenters. The molecule has 0 spiro atoms. The summed E-state index contributed by atoms with van der Waals surface area (Å²) in [5, 5.41) is 0. The number of fused-ring (bicyclic) bond motifs is 3. The van der Waals surface area contributed by atoms with Gasteiger partial charge < -0.3 is 9.14 Å². The van der Waals surface area contributed by atoms with Crippen molar-refractivity contribution in [2.45, 2.75) is 36.6 Å². The molecule has 8 heteroatoms. The molecule has 166 valence electrons. The molecule has 0 fully saturated rings. The van der Waals surface area contributed by atoms with Gasteiger partial charge in [0.1, 0.15) is 0 Å². The largest absolute Gasteiger partial charge is 0.465 e. The Morgan fingerprint density at radius 3 is 2.28 bits per heavy atom. The zero-order valence-electron chi connectivity index (χ0n) is 17.9. The Bertz CT molecular complexity index is 1320. The topological polar surface area (TPSA) is 43.6 Å². The third kappa shape index (κ3) is 4.32. The lowest BCUT2D eigenvalue weighted by molar-refractivity contribution is -0.0328. The van der Waals surface area contributed by atoms with Crippen molar-refractivity contribution >= 4 is 34.3 Å². The first kappa shape index (κ1) is 22.2. The standard InChI is InChI=1S/C24H21F3N2O2S/c1-23(2,3)16-8-5-14(6-9-16)21-20-12-17(32-24(25,26)27)13-29(20)19-10-7-15(22(30)31-4)11-18(19)28-21/h5-13H,1-4H3. The second-order valence-electron chi connectivity index (χ2n) is 8.46. The van der Waals surface area contributed by atoms with Gasteiger partial charge in [-0.25, -0.2) is 9.78 Å². The van der Waals surface area contributed by atoms with E-state index in [9.17, 15) is 18.0 Å². The fourth-order valence-corrected chi connectivity index (χ4v) is 4.19. The van der Waals surface area contributed by atoms with Crippen LogP contribution in [0.1, 0.15) is 36.7 Å². The molecule has 0 unspecified atom stereocenters. The van der Waals surface area contributed by atoms with Crippen molar-refractivity contribution in [2.24, 2.45) is 0 Å². The summed E-state index contributed by atoms with van der Waals surface area (Å²) < 4.78 is 45.6. The lowest BCUT2D eigenvalue weighted by atomic mass is 9.86. The van der Waals surface area contributed by atoms with Crippen LogP contribution < -0.4 is 0 Å². The summed E-state index contributed by atoms with van der Waals surface area (Å²) in [6.45, 7) is 6.32. The number of ether oxygens (including phenoxy) is 1. The van der Waals surface area contributed by atoms with Crippen LogP contribution >= 0.6 is 11.8 Å². The summed E-state index contributed by atoms with van der Waals surface area (Å²) in [4.78, 5) is 16.8. The van der Waals surface area contributed by atoms with Gasteiger partial charge >= 0.3 is 11.5 Å². The molecule has 0 saturated heterocycles. The molecule has 32 heavy (non-hydrogen) atoms. The molecule has 2 heterocycles. The Morgan fingerprint density at radius 2 is 1.69 bits per heavy atom. The summed E-state index contributed by atoms with van der Waals surface area (Å²) in [5.41, 5.74) is -0.0479. The highest BCUT2D eigenvalue weighted by Crippen LogP contribution is 2.40. The van der Waals surface area contributed by atoms with Gasteiger partial charge in [0, 0.05) is 16.7 Å². The van der Waals surface area contributed by atoms with Crippen LogP contribution in [0.2, 0.25) is 0 Å². The fourth-order valence-electron chi connectivity index (χ4n) is 3.59. The number of carbonyl (C=O) groups is 1. The normalized spacial score (nSPS) is 12.5. The molecule has 2 aromatic heterocycles. The minimum absolute atomic E-state index is 0.0361. The summed E-state index contributed by atoms with van der Waals surface area (Å²) in [5.74, 6) is -0.509. The number of hydrogen-bond acceptors (Lipinski definition) is 4. The maximum atomic E-state index is 13.0. The van der Waals surface area contributed by atoms with Crippen LogP contribution in [-0.2, 0) is 10.2 Å². The van der Waals surface area contributed by atoms with Crippen LogP contribution in [0.25, 0.3) is 27.8 Å². The maximum absolute atomic E-state index is 13.0. The fraction of sp³-hybridized carbons (Fsp3) is 0.250.